The highest BCUT2D eigenvalue weighted by Gasteiger charge is 2.48. The highest BCUT2D eigenvalue weighted by atomic mass is 79.9. The van der Waals surface area contributed by atoms with E-state index in [1.807, 2.05) is 0 Å². The molecule has 0 spiro atoms. The summed E-state index contributed by atoms with van der Waals surface area (Å²) in [5.41, 5.74) is -6.45. The van der Waals surface area contributed by atoms with Gasteiger partial charge >= 0.3 is 5.51 Å². The topological polar surface area (TPSA) is 51.2 Å². The Morgan fingerprint density at radius 2 is 1.76 bits per heavy atom. The summed E-state index contributed by atoms with van der Waals surface area (Å²) in [6.45, 7) is 0. The molecule has 94 valence electrons. The van der Waals surface area contributed by atoms with Gasteiger partial charge in [-0.2, -0.15) is 13.2 Å². The number of hydrogen-bond acceptors (Lipinski definition) is 3. The van der Waals surface area contributed by atoms with E-state index in [0.717, 1.165) is 0 Å². The second-order valence-corrected chi connectivity index (χ2v) is 5.54. The van der Waals surface area contributed by atoms with Crippen LogP contribution < -0.4 is 0 Å². The second kappa shape index (κ2) is 4.37. The van der Waals surface area contributed by atoms with Crippen molar-refractivity contribution in [3.8, 4) is 0 Å². The van der Waals surface area contributed by atoms with Crippen LogP contribution >= 0.6 is 15.9 Å². The largest absolute Gasteiger partial charge is 0.501 e. The minimum absolute atomic E-state index is 0.161. The van der Waals surface area contributed by atoms with Crippen molar-refractivity contribution in [1.29, 1.82) is 0 Å². The standard InChI is InChI=1S/C8H3BrF4O3S/c9-7-4(3-14)6(2-1-5(7)10)17(15,16)8(11,12)13/h1-3H. The van der Waals surface area contributed by atoms with Crippen molar-refractivity contribution >= 4 is 32.1 Å². The summed E-state index contributed by atoms with van der Waals surface area (Å²) in [5, 5.41) is 0. The van der Waals surface area contributed by atoms with Crippen LogP contribution in [0.25, 0.3) is 0 Å². The van der Waals surface area contributed by atoms with E-state index in [1.54, 1.807) is 0 Å². The van der Waals surface area contributed by atoms with Gasteiger partial charge in [0.25, 0.3) is 9.84 Å². The minimum Gasteiger partial charge on any atom is -0.298 e. The molecule has 0 saturated carbocycles. The summed E-state index contributed by atoms with van der Waals surface area (Å²) < 4.78 is 71.2. The van der Waals surface area contributed by atoms with Crippen LogP contribution in [-0.2, 0) is 9.84 Å². The predicted molar refractivity (Wildman–Crippen MR) is 52.7 cm³/mol. The van der Waals surface area contributed by atoms with Gasteiger partial charge in [-0.15, -0.1) is 0 Å². The molecule has 9 heteroatoms. The zero-order chi connectivity index (χ0) is 13.4. The number of hydrogen-bond donors (Lipinski definition) is 0. The van der Waals surface area contributed by atoms with E-state index < -0.39 is 36.1 Å². The SMILES string of the molecule is O=Cc1c(S(=O)(=O)C(F)(F)F)ccc(F)c1Br. The highest BCUT2D eigenvalue weighted by Crippen LogP contribution is 2.34. The molecule has 0 aliphatic carbocycles. The van der Waals surface area contributed by atoms with E-state index in [4.69, 9.17) is 0 Å². The van der Waals surface area contributed by atoms with E-state index in [9.17, 15) is 30.8 Å². The van der Waals surface area contributed by atoms with Gasteiger partial charge in [0.15, 0.2) is 6.29 Å². The summed E-state index contributed by atoms with van der Waals surface area (Å²) in [5.74, 6) is -1.03. The maximum atomic E-state index is 12.9. The van der Waals surface area contributed by atoms with Crippen LogP contribution in [0, 0.1) is 5.82 Å². The summed E-state index contributed by atoms with van der Waals surface area (Å²) in [6.07, 6.45) is -0.161. The van der Waals surface area contributed by atoms with E-state index in [0.29, 0.717) is 12.1 Å². The third kappa shape index (κ3) is 2.34. The van der Waals surface area contributed by atoms with Crippen LogP contribution in [0.1, 0.15) is 10.4 Å². The Kier molecular flexibility index (Phi) is 3.63. The van der Waals surface area contributed by atoms with Crippen LogP contribution in [0.15, 0.2) is 21.5 Å². The number of rotatable bonds is 2. The molecule has 1 aromatic carbocycles. The summed E-state index contributed by atoms with van der Waals surface area (Å²) in [6, 6.07) is 0.919. The monoisotopic (exact) mass is 334 g/mol. The molecule has 0 aromatic heterocycles. The predicted octanol–water partition coefficient (Wildman–Crippen LogP) is 2.69. The smallest absolute Gasteiger partial charge is 0.298 e. The molecule has 0 fully saturated rings. The van der Waals surface area contributed by atoms with Crippen molar-refractivity contribution in [1.82, 2.24) is 0 Å². The normalized spacial score (nSPS) is 12.5. The Balaban J connectivity index is 3.66. The van der Waals surface area contributed by atoms with Crippen molar-refractivity contribution in [3.63, 3.8) is 0 Å². The van der Waals surface area contributed by atoms with E-state index in [2.05, 4.69) is 15.9 Å². The molecule has 3 nitrogen and oxygen atoms in total. The number of aldehydes is 1. The third-order valence-electron chi connectivity index (χ3n) is 1.80. The summed E-state index contributed by atoms with van der Waals surface area (Å²) in [4.78, 5) is 9.26. The Morgan fingerprint density at radius 1 is 1.24 bits per heavy atom. The first-order valence-electron chi connectivity index (χ1n) is 3.87. The fraction of sp³-hybridized carbons (Fsp3) is 0.125. The van der Waals surface area contributed by atoms with Crippen molar-refractivity contribution in [3.05, 3.63) is 28.0 Å². The van der Waals surface area contributed by atoms with Crippen molar-refractivity contribution in [2.75, 3.05) is 0 Å². The molecule has 0 unspecified atom stereocenters. The fourth-order valence-corrected chi connectivity index (χ4v) is 2.52. The molecule has 0 aliphatic rings. The molecular formula is C8H3BrF4O3S. The van der Waals surface area contributed by atoms with Crippen molar-refractivity contribution < 1.29 is 30.8 Å². The average molecular weight is 335 g/mol. The van der Waals surface area contributed by atoms with Gasteiger partial charge in [-0.05, 0) is 28.1 Å². The highest BCUT2D eigenvalue weighted by molar-refractivity contribution is 9.10. The van der Waals surface area contributed by atoms with Gasteiger partial charge in [0, 0.05) is 0 Å². The average Bonchev–Trinajstić information content (AvgIpc) is 2.19. The van der Waals surface area contributed by atoms with E-state index >= 15 is 0 Å². The maximum absolute atomic E-state index is 12.9. The van der Waals surface area contributed by atoms with Crippen LogP contribution in [0.5, 0.6) is 0 Å². The molecule has 0 atom stereocenters. The number of carbonyl (C=O) groups excluding carboxylic acids is 1. The Bertz CT molecular complexity index is 565. The van der Waals surface area contributed by atoms with Gasteiger partial charge in [0.2, 0.25) is 0 Å². The van der Waals surface area contributed by atoms with Gasteiger partial charge in [-0.3, -0.25) is 4.79 Å². The zero-order valence-corrected chi connectivity index (χ0v) is 10.2. The lowest BCUT2D eigenvalue weighted by Crippen LogP contribution is -2.24. The molecule has 0 bridgehead atoms. The lowest BCUT2D eigenvalue weighted by molar-refractivity contribution is -0.0436. The fourth-order valence-electron chi connectivity index (χ4n) is 1.02. The minimum atomic E-state index is -5.69. The number of alkyl halides is 3. The first kappa shape index (κ1) is 14.1. The molecule has 0 radical (unpaired) electrons. The van der Waals surface area contributed by atoms with E-state index in [1.165, 1.54) is 0 Å². The van der Waals surface area contributed by atoms with Crippen molar-refractivity contribution in [2.45, 2.75) is 10.4 Å². The van der Waals surface area contributed by atoms with Crippen LogP contribution in [0.2, 0.25) is 0 Å². The molecule has 0 heterocycles. The van der Waals surface area contributed by atoms with Gasteiger partial charge in [0.1, 0.15) is 5.82 Å². The number of carbonyl (C=O) groups is 1. The first-order valence-corrected chi connectivity index (χ1v) is 6.15. The molecule has 1 aromatic rings. The second-order valence-electron chi connectivity index (χ2n) is 2.84. The molecule has 0 saturated heterocycles. The molecule has 1 rings (SSSR count). The van der Waals surface area contributed by atoms with Gasteiger partial charge in [-0.1, -0.05) is 0 Å². The maximum Gasteiger partial charge on any atom is 0.501 e. The van der Waals surface area contributed by atoms with Gasteiger partial charge in [-0.25, -0.2) is 12.8 Å². The zero-order valence-electron chi connectivity index (χ0n) is 7.75. The molecule has 17 heavy (non-hydrogen) atoms. The van der Waals surface area contributed by atoms with Gasteiger partial charge < -0.3 is 0 Å². The van der Waals surface area contributed by atoms with Crippen LogP contribution in [-0.4, -0.2) is 20.2 Å². The first-order chi connectivity index (χ1) is 7.63. The lowest BCUT2D eigenvalue weighted by atomic mass is 10.2. The van der Waals surface area contributed by atoms with Gasteiger partial charge in [0.05, 0.1) is 14.9 Å². The quantitative estimate of drug-likeness (QED) is 0.474. The van der Waals surface area contributed by atoms with E-state index in [-0.39, 0.29) is 6.29 Å². The third-order valence-corrected chi connectivity index (χ3v) is 4.16. The Morgan fingerprint density at radius 3 is 2.18 bits per heavy atom. The molecule has 0 N–H and O–H groups in total. The lowest BCUT2D eigenvalue weighted by Gasteiger charge is -2.11. The summed E-state index contributed by atoms with van der Waals surface area (Å²) >= 11 is 2.51. The Labute approximate surface area is 101 Å². The van der Waals surface area contributed by atoms with Crippen molar-refractivity contribution in [2.24, 2.45) is 0 Å². The summed E-state index contributed by atoms with van der Waals surface area (Å²) in [7, 11) is -5.69. The number of halogens is 5. The Hall–Kier alpha value is -0.960. The molecule has 0 aliphatic heterocycles. The molecular weight excluding hydrogens is 332 g/mol. The molecule has 0 amide bonds. The number of sulfone groups is 1. The number of benzene rings is 1. The van der Waals surface area contributed by atoms with Crippen LogP contribution in [0.4, 0.5) is 17.6 Å². The van der Waals surface area contributed by atoms with Crippen LogP contribution in [0.3, 0.4) is 0 Å².